The van der Waals surface area contributed by atoms with Gasteiger partial charge in [0.1, 0.15) is 10.8 Å². The fourth-order valence-corrected chi connectivity index (χ4v) is 1.74. The van der Waals surface area contributed by atoms with Gasteiger partial charge in [-0.25, -0.2) is 9.97 Å². The van der Waals surface area contributed by atoms with E-state index in [0.717, 1.165) is 5.82 Å². The van der Waals surface area contributed by atoms with Gasteiger partial charge in [-0.1, -0.05) is 23.2 Å². The Bertz CT molecular complexity index is 590. The second kappa shape index (κ2) is 4.89. The molecule has 0 aliphatic carbocycles. The van der Waals surface area contributed by atoms with Crippen molar-refractivity contribution in [3.63, 3.8) is 0 Å². The van der Waals surface area contributed by atoms with Crippen LogP contribution in [-0.4, -0.2) is 19.1 Å². The minimum atomic E-state index is -0.329. The third-order valence-corrected chi connectivity index (χ3v) is 3.17. The van der Waals surface area contributed by atoms with Gasteiger partial charge in [0.15, 0.2) is 5.15 Å². The van der Waals surface area contributed by atoms with Gasteiger partial charge in [0, 0.05) is 25.5 Å². The largest absolute Gasteiger partial charge is 0.333 e. The molecule has 90 valence electrons. The quantitative estimate of drug-likeness (QED) is 0.800. The Labute approximate surface area is 108 Å². The second-order valence-corrected chi connectivity index (χ2v) is 4.25. The maximum absolute atomic E-state index is 11.7. The van der Waals surface area contributed by atoms with Gasteiger partial charge in [0.2, 0.25) is 0 Å². The van der Waals surface area contributed by atoms with Gasteiger partial charge in [-0.2, -0.15) is 0 Å². The molecule has 0 N–H and O–H groups in total. The first kappa shape index (κ1) is 12.1. The normalized spacial score (nSPS) is 10.8. The minimum absolute atomic E-state index is 0.0340. The van der Waals surface area contributed by atoms with Crippen LogP contribution in [0.3, 0.4) is 0 Å². The number of imidazole rings is 1. The van der Waals surface area contributed by atoms with Crippen molar-refractivity contribution in [2.24, 2.45) is 0 Å². The number of aromatic nitrogens is 4. The number of aryl methyl sites for hydroxylation is 3. The zero-order valence-corrected chi connectivity index (χ0v) is 10.6. The Hall–Kier alpha value is -1.33. The summed E-state index contributed by atoms with van der Waals surface area (Å²) in [4.78, 5) is 19.6. The van der Waals surface area contributed by atoms with Crippen LogP contribution in [0.1, 0.15) is 5.82 Å². The molecular weight excluding hydrogens is 263 g/mol. The molecule has 0 atom stereocenters. The van der Waals surface area contributed by atoms with E-state index in [0.29, 0.717) is 13.1 Å². The summed E-state index contributed by atoms with van der Waals surface area (Å²) >= 11 is 11.4. The van der Waals surface area contributed by atoms with Crippen LogP contribution in [-0.2, 0) is 13.1 Å². The number of halogens is 2. The van der Waals surface area contributed by atoms with E-state index in [1.165, 1.54) is 10.9 Å². The summed E-state index contributed by atoms with van der Waals surface area (Å²) in [5.41, 5.74) is -0.329. The maximum atomic E-state index is 11.7. The lowest BCUT2D eigenvalue weighted by Crippen LogP contribution is -2.23. The van der Waals surface area contributed by atoms with E-state index in [1.807, 2.05) is 17.7 Å². The first-order valence-electron chi connectivity index (χ1n) is 4.98. The molecule has 0 saturated carbocycles. The fourth-order valence-electron chi connectivity index (χ4n) is 1.46. The van der Waals surface area contributed by atoms with E-state index < -0.39 is 0 Å². The van der Waals surface area contributed by atoms with Crippen LogP contribution in [0.4, 0.5) is 0 Å². The van der Waals surface area contributed by atoms with E-state index in [1.54, 1.807) is 6.20 Å². The highest BCUT2D eigenvalue weighted by molar-refractivity contribution is 6.40. The third kappa shape index (κ3) is 2.50. The van der Waals surface area contributed by atoms with Crippen LogP contribution in [0.25, 0.3) is 0 Å². The number of hydrogen-bond donors (Lipinski definition) is 0. The Morgan fingerprint density at radius 3 is 2.59 bits per heavy atom. The van der Waals surface area contributed by atoms with Crippen molar-refractivity contribution in [3.8, 4) is 0 Å². The van der Waals surface area contributed by atoms with Gasteiger partial charge < -0.3 is 4.57 Å². The standard InChI is InChI=1S/C10H10Cl2N4O/c1-7-13-2-3-15(7)4-5-16-6-14-9(12)8(11)10(16)17/h2-3,6H,4-5H2,1H3. The molecule has 7 heteroatoms. The minimum Gasteiger partial charge on any atom is -0.333 e. The van der Waals surface area contributed by atoms with Gasteiger partial charge in [0.25, 0.3) is 5.56 Å². The van der Waals surface area contributed by atoms with E-state index in [9.17, 15) is 4.79 Å². The van der Waals surface area contributed by atoms with Crippen LogP contribution in [0, 0.1) is 6.92 Å². The van der Waals surface area contributed by atoms with E-state index in [-0.39, 0.29) is 15.7 Å². The second-order valence-electron chi connectivity index (χ2n) is 3.52. The topological polar surface area (TPSA) is 52.7 Å². The van der Waals surface area contributed by atoms with Gasteiger partial charge in [0.05, 0.1) is 6.33 Å². The molecule has 2 heterocycles. The van der Waals surface area contributed by atoms with E-state index in [2.05, 4.69) is 9.97 Å². The first-order chi connectivity index (χ1) is 8.09. The van der Waals surface area contributed by atoms with E-state index in [4.69, 9.17) is 23.2 Å². The molecular formula is C10H10Cl2N4O. The molecule has 2 aromatic heterocycles. The highest BCUT2D eigenvalue weighted by Gasteiger charge is 2.07. The summed E-state index contributed by atoms with van der Waals surface area (Å²) in [6.07, 6.45) is 4.96. The monoisotopic (exact) mass is 272 g/mol. The molecule has 0 spiro atoms. The Kier molecular flexibility index (Phi) is 3.49. The molecule has 0 aliphatic heterocycles. The lowest BCUT2D eigenvalue weighted by molar-refractivity contribution is 0.549. The molecule has 0 bridgehead atoms. The fraction of sp³-hybridized carbons (Fsp3) is 0.300. The summed E-state index contributed by atoms with van der Waals surface area (Å²) in [5, 5.41) is -0.0109. The van der Waals surface area contributed by atoms with Gasteiger partial charge >= 0.3 is 0 Å². The van der Waals surface area contributed by atoms with Crippen molar-refractivity contribution in [3.05, 3.63) is 45.1 Å². The van der Waals surface area contributed by atoms with Gasteiger partial charge in [-0.3, -0.25) is 9.36 Å². The molecule has 0 aromatic carbocycles. The molecule has 0 amide bonds. The Morgan fingerprint density at radius 2 is 1.94 bits per heavy atom. The maximum Gasteiger partial charge on any atom is 0.273 e. The number of hydrogen-bond acceptors (Lipinski definition) is 3. The van der Waals surface area contributed by atoms with Gasteiger partial charge in [-0.05, 0) is 6.92 Å². The number of nitrogens with zero attached hydrogens (tertiary/aromatic N) is 4. The highest BCUT2D eigenvalue weighted by Crippen LogP contribution is 2.12. The van der Waals surface area contributed by atoms with Gasteiger partial charge in [-0.15, -0.1) is 0 Å². The van der Waals surface area contributed by atoms with Crippen molar-refractivity contribution in [1.82, 2.24) is 19.1 Å². The Balaban J connectivity index is 2.18. The molecule has 0 fully saturated rings. The van der Waals surface area contributed by atoms with Crippen LogP contribution in [0.15, 0.2) is 23.5 Å². The Morgan fingerprint density at radius 1 is 1.24 bits per heavy atom. The van der Waals surface area contributed by atoms with Crippen LogP contribution < -0.4 is 5.56 Å². The smallest absolute Gasteiger partial charge is 0.273 e. The summed E-state index contributed by atoms with van der Waals surface area (Å²) in [7, 11) is 0. The molecule has 2 rings (SSSR count). The average Bonchev–Trinajstić information content (AvgIpc) is 2.71. The van der Waals surface area contributed by atoms with Crippen molar-refractivity contribution < 1.29 is 0 Å². The third-order valence-electron chi connectivity index (χ3n) is 2.45. The first-order valence-corrected chi connectivity index (χ1v) is 5.73. The van der Waals surface area contributed by atoms with Crippen LogP contribution >= 0.6 is 23.2 Å². The molecule has 0 unspecified atom stereocenters. The predicted octanol–water partition coefficient (Wildman–Crippen LogP) is 1.76. The van der Waals surface area contributed by atoms with Crippen LogP contribution in [0.5, 0.6) is 0 Å². The molecule has 0 saturated heterocycles. The molecule has 17 heavy (non-hydrogen) atoms. The van der Waals surface area contributed by atoms with Crippen molar-refractivity contribution >= 4 is 23.2 Å². The van der Waals surface area contributed by atoms with Crippen molar-refractivity contribution in [2.45, 2.75) is 20.0 Å². The summed E-state index contributed by atoms with van der Waals surface area (Å²) in [6.45, 7) is 3.00. The van der Waals surface area contributed by atoms with Crippen molar-refractivity contribution in [2.75, 3.05) is 0 Å². The summed E-state index contributed by atoms with van der Waals surface area (Å²) in [5.74, 6) is 0.895. The summed E-state index contributed by atoms with van der Waals surface area (Å²) in [6, 6.07) is 0. The molecule has 0 aliphatic rings. The van der Waals surface area contributed by atoms with Crippen LogP contribution in [0.2, 0.25) is 10.2 Å². The molecule has 2 aromatic rings. The number of rotatable bonds is 3. The van der Waals surface area contributed by atoms with E-state index >= 15 is 0 Å². The predicted molar refractivity (Wildman–Crippen MR) is 65.5 cm³/mol. The summed E-state index contributed by atoms with van der Waals surface area (Å²) < 4.78 is 3.36. The molecule has 5 nitrogen and oxygen atoms in total. The SMILES string of the molecule is Cc1nccn1CCn1cnc(Cl)c(Cl)c1=O. The average molecular weight is 273 g/mol. The van der Waals surface area contributed by atoms with Crippen molar-refractivity contribution in [1.29, 1.82) is 0 Å². The lowest BCUT2D eigenvalue weighted by Gasteiger charge is -2.07. The highest BCUT2D eigenvalue weighted by atomic mass is 35.5. The molecule has 0 radical (unpaired) electrons. The zero-order chi connectivity index (χ0) is 12.4. The lowest BCUT2D eigenvalue weighted by atomic mass is 10.5. The zero-order valence-electron chi connectivity index (χ0n) is 9.10.